The van der Waals surface area contributed by atoms with Crippen molar-refractivity contribution in [3.8, 4) is 17.6 Å². The Morgan fingerprint density at radius 1 is 1.00 bits per heavy atom. The fraction of sp³-hybridized carbons (Fsp3) is 0.333. The Labute approximate surface area is 212 Å². The summed E-state index contributed by atoms with van der Waals surface area (Å²) in [5.41, 5.74) is 6.36. The van der Waals surface area contributed by atoms with Crippen LogP contribution in [-0.2, 0) is 30.7 Å². The van der Waals surface area contributed by atoms with E-state index < -0.39 is 0 Å². The first-order chi connectivity index (χ1) is 17.5. The lowest BCUT2D eigenvalue weighted by Crippen LogP contribution is -2.53. The van der Waals surface area contributed by atoms with Crippen LogP contribution >= 0.6 is 0 Å². The average Bonchev–Trinajstić information content (AvgIpc) is 2.92. The van der Waals surface area contributed by atoms with Gasteiger partial charge in [0.05, 0.1) is 37.9 Å². The lowest BCUT2D eigenvalue weighted by Gasteiger charge is -2.42. The molecule has 3 aromatic rings. The van der Waals surface area contributed by atoms with Crippen molar-refractivity contribution in [2.45, 2.75) is 44.9 Å². The van der Waals surface area contributed by atoms with Gasteiger partial charge in [-0.25, -0.2) is 0 Å². The van der Waals surface area contributed by atoms with E-state index >= 15 is 0 Å². The highest BCUT2D eigenvalue weighted by molar-refractivity contribution is 5.83. The van der Waals surface area contributed by atoms with Crippen LogP contribution in [0.25, 0.3) is 0 Å². The van der Waals surface area contributed by atoms with Crippen LogP contribution in [0.5, 0.6) is 11.5 Å². The first-order valence-electron chi connectivity index (χ1n) is 12.4. The van der Waals surface area contributed by atoms with Crippen LogP contribution in [0, 0.1) is 11.3 Å². The molecule has 5 rings (SSSR count). The zero-order valence-electron chi connectivity index (χ0n) is 21.0. The fourth-order valence-electron chi connectivity index (χ4n) is 5.61. The zero-order chi connectivity index (χ0) is 25.2. The average molecular weight is 482 g/mol. The fourth-order valence-corrected chi connectivity index (χ4v) is 5.61. The molecule has 2 heterocycles. The number of hydrogen-bond acceptors (Lipinski definition) is 5. The maximum atomic E-state index is 14.2. The van der Waals surface area contributed by atoms with Gasteiger partial charge in [-0.3, -0.25) is 9.69 Å². The van der Waals surface area contributed by atoms with E-state index in [4.69, 9.17) is 9.47 Å². The van der Waals surface area contributed by atoms with Crippen molar-refractivity contribution in [2.75, 3.05) is 20.8 Å². The second-order valence-electron chi connectivity index (χ2n) is 9.53. The van der Waals surface area contributed by atoms with E-state index in [2.05, 4.69) is 30.0 Å². The van der Waals surface area contributed by atoms with Crippen LogP contribution in [0.15, 0.2) is 60.7 Å². The van der Waals surface area contributed by atoms with Gasteiger partial charge in [0, 0.05) is 19.6 Å². The highest BCUT2D eigenvalue weighted by Crippen LogP contribution is 2.39. The van der Waals surface area contributed by atoms with Crippen LogP contribution in [0.1, 0.15) is 46.3 Å². The number of carbonyl (C=O) groups excluding carboxylic acids is 1. The summed E-state index contributed by atoms with van der Waals surface area (Å²) in [5.74, 6) is 1.53. The van der Waals surface area contributed by atoms with E-state index in [1.807, 2.05) is 53.4 Å². The van der Waals surface area contributed by atoms with Gasteiger partial charge in [-0.2, -0.15) is 5.26 Å². The standard InChI is InChI=1S/C30H31N3O3/c1-20-26-16-29(36-3)28(35-2)15-22(26)12-13-33(20)30(34)27-14-21-8-4-6-10-24(21)18-32(27)19-25-11-7-5-9-23(25)17-31/h4-11,15-16,20,27H,12-14,18-19H2,1-3H3/t20?,27-/m0/s1. The molecule has 3 aromatic carbocycles. The summed E-state index contributed by atoms with van der Waals surface area (Å²) in [6, 6.07) is 22.0. The first kappa shape index (κ1) is 23.9. The molecule has 184 valence electrons. The van der Waals surface area contributed by atoms with Crippen molar-refractivity contribution in [1.29, 1.82) is 5.26 Å². The Morgan fingerprint density at radius 3 is 2.44 bits per heavy atom. The molecule has 0 fully saturated rings. The highest BCUT2D eigenvalue weighted by Gasteiger charge is 2.38. The minimum absolute atomic E-state index is 0.0773. The second-order valence-corrected chi connectivity index (χ2v) is 9.53. The molecule has 0 bridgehead atoms. The molecule has 0 radical (unpaired) electrons. The van der Waals surface area contributed by atoms with E-state index in [0.29, 0.717) is 37.4 Å². The number of rotatable bonds is 5. The molecule has 0 aromatic heterocycles. The summed E-state index contributed by atoms with van der Waals surface area (Å²) >= 11 is 0. The predicted molar refractivity (Wildman–Crippen MR) is 138 cm³/mol. The third-order valence-electron chi connectivity index (χ3n) is 7.61. The van der Waals surface area contributed by atoms with Gasteiger partial charge in [0.1, 0.15) is 0 Å². The molecule has 6 heteroatoms. The van der Waals surface area contributed by atoms with Crippen LogP contribution in [0.2, 0.25) is 0 Å². The summed E-state index contributed by atoms with van der Waals surface area (Å²) in [4.78, 5) is 18.4. The summed E-state index contributed by atoms with van der Waals surface area (Å²) < 4.78 is 11.0. The van der Waals surface area contributed by atoms with Gasteiger partial charge < -0.3 is 14.4 Å². The van der Waals surface area contributed by atoms with Gasteiger partial charge in [-0.05, 0) is 65.8 Å². The molecule has 36 heavy (non-hydrogen) atoms. The van der Waals surface area contributed by atoms with Crippen LogP contribution < -0.4 is 9.47 Å². The van der Waals surface area contributed by atoms with E-state index in [0.717, 1.165) is 23.3 Å². The Morgan fingerprint density at radius 2 is 1.69 bits per heavy atom. The quantitative estimate of drug-likeness (QED) is 0.531. The third-order valence-corrected chi connectivity index (χ3v) is 7.61. The van der Waals surface area contributed by atoms with Gasteiger partial charge >= 0.3 is 0 Å². The van der Waals surface area contributed by atoms with Gasteiger partial charge in [0.25, 0.3) is 0 Å². The minimum Gasteiger partial charge on any atom is -0.493 e. The summed E-state index contributed by atoms with van der Waals surface area (Å²) in [5, 5.41) is 9.63. The maximum absolute atomic E-state index is 14.2. The number of hydrogen-bond donors (Lipinski definition) is 0. The molecular formula is C30H31N3O3. The van der Waals surface area contributed by atoms with Crippen molar-refractivity contribution in [3.05, 3.63) is 94.0 Å². The summed E-state index contributed by atoms with van der Waals surface area (Å²) in [6.07, 6.45) is 1.43. The second kappa shape index (κ2) is 10.0. The van der Waals surface area contributed by atoms with Crippen molar-refractivity contribution in [2.24, 2.45) is 0 Å². The number of nitrogens with zero attached hydrogens (tertiary/aromatic N) is 3. The van der Waals surface area contributed by atoms with E-state index in [9.17, 15) is 10.1 Å². The third kappa shape index (κ3) is 4.31. The van der Waals surface area contributed by atoms with E-state index in [-0.39, 0.29) is 18.0 Å². The van der Waals surface area contributed by atoms with Crippen LogP contribution in [0.4, 0.5) is 0 Å². The number of fused-ring (bicyclic) bond motifs is 2. The molecule has 2 aliphatic rings. The van der Waals surface area contributed by atoms with Crippen molar-refractivity contribution < 1.29 is 14.3 Å². The van der Waals surface area contributed by atoms with Gasteiger partial charge in [0.2, 0.25) is 5.91 Å². The predicted octanol–water partition coefficient (Wildman–Crippen LogP) is 4.65. The first-order valence-corrected chi connectivity index (χ1v) is 12.4. The normalized spacial score (nSPS) is 19.1. The number of carbonyl (C=O) groups is 1. The van der Waals surface area contributed by atoms with Crippen molar-refractivity contribution in [1.82, 2.24) is 9.80 Å². The lowest BCUT2D eigenvalue weighted by atomic mass is 9.89. The molecule has 0 aliphatic carbocycles. The number of amides is 1. The van der Waals surface area contributed by atoms with Gasteiger partial charge in [-0.15, -0.1) is 0 Å². The SMILES string of the molecule is COc1cc2c(cc1OC)C(C)N(C(=O)[C@@H]1Cc3ccccc3CN1Cc1ccccc1C#N)CC2. The highest BCUT2D eigenvalue weighted by atomic mass is 16.5. The Balaban J connectivity index is 1.47. The van der Waals surface area contributed by atoms with Crippen molar-refractivity contribution in [3.63, 3.8) is 0 Å². The van der Waals surface area contributed by atoms with Gasteiger partial charge in [-0.1, -0.05) is 42.5 Å². The van der Waals surface area contributed by atoms with E-state index in [1.165, 1.54) is 16.7 Å². The minimum atomic E-state index is -0.296. The maximum Gasteiger partial charge on any atom is 0.240 e. The number of methoxy groups -OCH3 is 2. The number of nitriles is 1. The molecule has 2 atom stereocenters. The van der Waals surface area contributed by atoms with Crippen molar-refractivity contribution >= 4 is 5.91 Å². The summed E-state index contributed by atoms with van der Waals surface area (Å²) in [6.45, 7) is 3.98. The number of ether oxygens (including phenoxy) is 2. The Hall–Kier alpha value is -3.82. The molecule has 0 spiro atoms. The largest absolute Gasteiger partial charge is 0.493 e. The molecule has 1 amide bonds. The molecule has 0 saturated heterocycles. The number of benzene rings is 3. The van der Waals surface area contributed by atoms with Crippen LogP contribution in [0.3, 0.4) is 0 Å². The zero-order valence-corrected chi connectivity index (χ0v) is 21.0. The molecule has 2 aliphatic heterocycles. The molecule has 1 unspecified atom stereocenters. The lowest BCUT2D eigenvalue weighted by molar-refractivity contribution is -0.140. The van der Waals surface area contributed by atoms with Gasteiger partial charge in [0.15, 0.2) is 11.5 Å². The monoisotopic (exact) mass is 481 g/mol. The molecule has 6 nitrogen and oxygen atoms in total. The topological polar surface area (TPSA) is 65.8 Å². The molecule has 0 N–H and O–H groups in total. The smallest absolute Gasteiger partial charge is 0.240 e. The Bertz CT molecular complexity index is 1330. The summed E-state index contributed by atoms with van der Waals surface area (Å²) in [7, 11) is 3.28. The van der Waals surface area contributed by atoms with E-state index in [1.54, 1.807) is 14.2 Å². The molecule has 0 saturated carbocycles. The van der Waals surface area contributed by atoms with Crippen LogP contribution in [-0.4, -0.2) is 42.5 Å². The Kier molecular flexibility index (Phi) is 6.67. The molecular weight excluding hydrogens is 450 g/mol.